The summed E-state index contributed by atoms with van der Waals surface area (Å²) >= 11 is 1.86. The number of thiophene rings is 1. The van der Waals surface area contributed by atoms with Crippen molar-refractivity contribution in [3.8, 4) is 12.3 Å². The standard InChI is InChI=1S/C16H19NS/c1-4-8-14(5-2)17-12(3)16-11-13-9-6-7-10-15(13)18-16/h1,6-7,9-12,14,17H,5,8H2,2-3H3. The van der Waals surface area contributed by atoms with E-state index in [9.17, 15) is 0 Å². The molecule has 2 heteroatoms. The summed E-state index contributed by atoms with van der Waals surface area (Å²) in [5, 5.41) is 4.94. The van der Waals surface area contributed by atoms with E-state index < -0.39 is 0 Å². The number of benzene rings is 1. The van der Waals surface area contributed by atoms with Crippen LogP contribution in [-0.2, 0) is 0 Å². The Kier molecular flexibility index (Phi) is 4.41. The van der Waals surface area contributed by atoms with E-state index in [2.05, 4.69) is 55.4 Å². The maximum absolute atomic E-state index is 5.39. The molecule has 0 aliphatic carbocycles. The molecule has 1 aromatic heterocycles. The molecule has 0 aliphatic rings. The first kappa shape index (κ1) is 13.1. The van der Waals surface area contributed by atoms with Gasteiger partial charge in [-0.15, -0.1) is 23.7 Å². The molecule has 1 heterocycles. The van der Waals surface area contributed by atoms with Gasteiger partial charge in [-0.1, -0.05) is 25.1 Å². The van der Waals surface area contributed by atoms with Crippen LogP contribution < -0.4 is 5.32 Å². The van der Waals surface area contributed by atoms with Crippen molar-refractivity contribution in [1.82, 2.24) is 5.32 Å². The topological polar surface area (TPSA) is 12.0 Å². The first-order chi connectivity index (χ1) is 8.74. The van der Waals surface area contributed by atoms with Crippen LogP contribution in [0.4, 0.5) is 0 Å². The smallest absolute Gasteiger partial charge is 0.0389 e. The average molecular weight is 257 g/mol. The minimum Gasteiger partial charge on any atom is -0.306 e. The monoisotopic (exact) mass is 257 g/mol. The van der Waals surface area contributed by atoms with Crippen LogP contribution in [0.2, 0.25) is 0 Å². The average Bonchev–Trinajstić information content (AvgIpc) is 2.82. The van der Waals surface area contributed by atoms with Gasteiger partial charge in [0.05, 0.1) is 0 Å². The summed E-state index contributed by atoms with van der Waals surface area (Å²) in [7, 11) is 0. The van der Waals surface area contributed by atoms with Gasteiger partial charge >= 0.3 is 0 Å². The van der Waals surface area contributed by atoms with Crippen LogP contribution >= 0.6 is 11.3 Å². The third kappa shape index (κ3) is 2.93. The Bertz CT molecular complexity index is 516. The van der Waals surface area contributed by atoms with E-state index in [1.807, 2.05) is 11.3 Å². The second-order valence-electron chi connectivity index (χ2n) is 4.59. The van der Waals surface area contributed by atoms with Crippen LogP contribution in [0.25, 0.3) is 10.1 Å². The van der Waals surface area contributed by atoms with Crippen molar-refractivity contribution in [3.63, 3.8) is 0 Å². The number of rotatable bonds is 5. The van der Waals surface area contributed by atoms with Gasteiger partial charge in [-0.2, -0.15) is 0 Å². The molecule has 0 amide bonds. The minimum absolute atomic E-state index is 0.362. The van der Waals surface area contributed by atoms with Gasteiger partial charge in [0.15, 0.2) is 0 Å². The SMILES string of the molecule is C#CCC(CC)NC(C)c1cc2ccccc2s1. The van der Waals surface area contributed by atoms with Crippen LogP contribution in [0.3, 0.4) is 0 Å². The quantitative estimate of drug-likeness (QED) is 0.785. The van der Waals surface area contributed by atoms with E-state index >= 15 is 0 Å². The van der Waals surface area contributed by atoms with Crippen LogP contribution in [-0.4, -0.2) is 6.04 Å². The molecule has 1 nitrogen and oxygen atoms in total. The van der Waals surface area contributed by atoms with Crippen molar-refractivity contribution in [2.24, 2.45) is 0 Å². The van der Waals surface area contributed by atoms with Crippen molar-refractivity contribution in [2.45, 2.75) is 38.8 Å². The minimum atomic E-state index is 0.362. The van der Waals surface area contributed by atoms with E-state index in [1.54, 1.807) is 0 Å². The van der Waals surface area contributed by atoms with Crippen molar-refractivity contribution in [2.75, 3.05) is 0 Å². The fraction of sp³-hybridized carbons (Fsp3) is 0.375. The van der Waals surface area contributed by atoms with Gasteiger partial charge in [-0.05, 0) is 30.9 Å². The van der Waals surface area contributed by atoms with Crippen molar-refractivity contribution in [1.29, 1.82) is 0 Å². The van der Waals surface area contributed by atoms with Crippen LogP contribution in [0, 0.1) is 12.3 Å². The third-order valence-corrected chi connectivity index (χ3v) is 4.51. The molecule has 2 atom stereocenters. The van der Waals surface area contributed by atoms with E-state index in [0.29, 0.717) is 12.1 Å². The van der Waals surface area contributed by atoms with Crippen molar-refractivity contribution < 1.29 is 0 Å². The highest BCUT2D eigenvalue weighted by molar-refractivity contribution is 7.19. The van der Waals surface area contributed by atoms with Crippen LogP contribution in [0.15, 0.2) is 30.3 Å². The number of hydrogen-bond acceptors (Lipinski definition) is 2. The second kappa shape index (κ2) is 6.04. The van der Waals surface area contributed by atoms with E-state index in [-0.39, 0.29) is 0 Å². The lowest BCUT2D eigenvalue weighted by Crippen LogP contribution is -2.30. The first-order valence-corrected chi connectivity index (χ1v) is 7.24. The summed E-state index contributed by atoms with van der Waals surface area (Å²) in [6.45, 7) is 4.39. The van der Waals surface area contributed by atoms with Gasteiger partial charge in [0, 0.05) is 28.1 Å². The lowest BCUT2D eigenvalue weighted by atomic mass is 10.1. The Morgan fingerprint density at radius 2 is 2.17 bits per heavy atom. The highest BCUT2D eigenvalue weighted by Gasteiger charge is 2.13. The molecule has 0 spiro atoms. The fourth-order valence-corrected chi connectivity index (χ4v) is 3.19. The number of terminal acetylenes is 1. The maximum atomic E-state index is 5.39. The summed E-state index contributed by atoms with van der Waals surface area (Å²) in [6.07, 6.45) is 7.26. The van der Waals surface area contributed by atoms with Crippen LogP contribution in [0.5, 0.6) is 0 Å². The summed E-state index contributed by atoms with van der Waals surface area (Å²) in [4.78, 5) is 1.38. The molecule has 0 radical (unpaired) electrons. The molecule has 18 heavy (non-hydrogen) atoms. The molecule has 0 bridgehead atoms. The summed E-state index contributed by atoms with van der Waals surface area (Å²) in [6, 6.07) is 11.6. The first-order valence-electron chi connectivity index (χ1n) is 6.42. The Labute approximate surface area is 113 Å². The molecule has 2 rings (SSSR count). The lowest BCUT2D eigenvalue weighted by Gasteiger charge is -2.19. The zero-order chi connectivity index (χ0) is 13.0. The van der Waals surface area contributed by atoms with E-state index in [4.69, 9.17) is 6.42 Å². The van der Waals surface area contributed by atoms with Crippen molar-refractivity contribution >= 4 is 21.4 Å². The molecule has 0 fully saturated rings. The normalized spacial score (nSPS) is 14.3. The zero-order valence-electron chi connectivity index (χ0n) is 10.9. The predicted octanol–water partition coefficient (Wildman–Crippen LogP) is 4.35. The van der Waals surface area contributed by atoms with Gasteiger partial charge < -0.3 is 5.32 Å². The zero-order valence-corrected chi connectivity index (χ0v) is 11.8. The number of fused-ring (bicyclic) bond motifs is 1. The Hall–Kier alpha value is -1.30. The van der Waals surface area contributed by atoms with Gasteiger partial charge in [0.25, 0.3) is 0 Å². The molecule has 2 unspecified atom stereocenters. The Balaban J connectivity index is 2.13. The fourth-order valence-electron chi connectivity index (χ4n) is 2.11. The molecule has 0 aliphatic heterocycles. The number of nitrogens with one attached hydrogen (secondary N) is 1. The highest BCUT2D eigenvalue weighted by atomic mass is 32.1. The maximum Gasteiger partial charge on any atom is 0.0389 e. The molecular formula is C16H19NS. The molecule has 1 aromatic carbocycles. The largest absolute Gasteiger partial charge is 0.306 e. The van der Waals surface area contributed by atoms with E-state index in [0.717, 1.165) is 12.8 Å². The lowest BCUT2D eigenvalue weighted by molar-refractivity contribution is 0.453. The van der Waals surface area contributed by atoms with Gasteiger partial charge in [0.1, 0.15) is 0 Å². The summed E-state index contributed by atoms with van der Waals surface area (Å²) < 4.78 is 1.35. The predicted molar refractivity (Wildman–Crippen MR) is 80.9 cm³/mol. The van der Waals surface area contributed by atoms with Gasteiger partial charge in [0.2, 0.25) is 0 Å². The second-order valence-corrected chi connectivity index (χ2v) is 5.70. The molecule has 0 saturated heterocycles. The molecule has 2 aromatic rings. The highest BCUT2D eigenvalue weighted by Crippen LogP contribution is 2.29. The molecule has 1 N–H and O–H groups in total. The van der Waals surface area contributed by atoms with Gasteiger partial charge in [-0.3, -0.25) is 0 Å². The van der Waals surface area contributed by atoms with Crippen molar-refractivity contribution in [3.05, 3.63) is 35.2 Å². The summed E-state index contributed by atoms with van der Waals surface area (Å²) in [5.41, 5.74) is 0. The Morgan fingerprint density at radius 3 is 2.83 bits per heavy atom. The van der Waals surface area contributed by atoms with E-state index in [1.165, 1.54) is 15.0 Å². The summed E-state index contributed by atoms with van der Waals surface area (Å²) in [5.74, 6) is 2.74. The molecule has 94 valence electrons. The molecule has 0 saturated carbocycles. The van der Waals surface area contributed by atoms with Gasteiger partial charge in [-0.25, -0.2) is 0 Å². The molecular weight excluding hydrogens is 238 g/mol. The van der Waals surface area contributed by atoms with Crippen LogP contribution in [0.1, 0.15) is 37.6 Å². The third-order valence-electron chi connectivity index (χ3n) is 3.21. The number of hydrogen-bond donors (Lipinski definition) is 1. The Morgan fingerprint density at radius 1 is 1.39 bits per heavy atom.